The van der Waals surface area contributed by atoms with Crippen LogP contribution in [0.2, 0.25) is 10.0 Å². The summed E-state index contributed by atoms with van der Waals surface area (Å²) < 4.78 is 10.5. The maximum atomic E-state index is 6.14. The Morgan fingerprint density at radius 2 is 1.62 bits per heavy atom. The molecule has 0 saturated carbocycles. The number of rotatable bonds is 5. The average molecular weight is 327 g/mol. The van der Waals surface area contributed by atoms with Gasteiger partial charge in [0.25, 0.3) is 0 Å². The van der Waals surface area contributed by atoms with Gasteiger partial charge in [-0.2, -0.15) is 0 Å². The molecule has 0 aromatic heterocycles. The van der Waals surface area contributed by atoms with Crippen LogP contribution >= 0.6 is 23.2 Å². The van der Waals surface area contributed by atoms with Gasteiger partial charge < -0.3 is 20.5 Å². The van der Waals surface area contributed by atoms with E-state index in [0.717, 1.165) is 5.56 Å². The van der Waals surface area contributed by atoms with E-state index in [-0.39, 0.29) is 0 Å². The second-order valence-electron chi connectivity index (χ2n) is 4.40. The lowest BCUT2D eigenvalue weighted by Gasteiger charge is -2.13. The normalized spacial score (nSPS) is 10.3. The summed E-state index contributed by atoms with van der Waals surface area (Å²) in [6.07, 6.45) is 0. The molecule has 0 radical (unpaired) electrons. The molecule has 0 heterocycles. The summed E-state index contributed by atoms with van der Waals surface area (Å²) in [6.45, 7) is 0.545. The molecule has 0 saturated heterocycles. The number of benzene rings is 2. The Morgan fingerprint density at radius 3 is 2.19 bits per heavy atom. The number of methoxy groups -OCH3 is 2. The number of hydrogen-bond acceptors (Lipinski definition) is 4. The van der Waals surface area contributed by atoms with Crippen LogP contribution in [0.4, 0.5) is 11.4 Å². The van der Waals surface area contributed by atoms with Crippen molar-refractivity contribution in [2.24, 2.45) is 0 Å². The van der Waals surface area contributed by atoms with Crippen LogP contribution in [0.1, 0.15) is 5.56 Å². The molecule has 2 aromatic carbocycles. The highest BCUT2D eigenvalue weighted by molar-refractivity contribution is 6.39. The van der Waals surface area contributed by atoms with E-state index in [4.69, 9.17) is 38.4 Å². The van der Waals surface area contributed by atoms with Crippen LogP contribution in [0, 0.1) is 0 Å². The first-order valence-electron chi connectivity index (χ1n) is 6.24. The Morgan fingerprint density at radius 1 is 1.00 bits per heavy atom. The smallest absolute Gasteiger partial charge is 0.161 e. The van der Waals surface area contributed by atoms with E-state index in [1.165, 1.54) is 0 Å². The van der Waals surface area contributed by atoms with Gasteiger partial charge in [0.15, 0.2) is 11.5 Å². The Balaban J connectivity index is 2.17. The number of nitrogens with two attached hydrogens (primary N) is 1. The average Bonchev–Trinajstić information content (AvgIpc) is 2.45. The maximum Gasteiger partial charge on any atom is 0.161 e. The Hall–Kier alpha value is -1.78. The molecular formula is C15H16Cl2N2O2. The molecule has 0 aliphatic rings. The van der Waals surface area contributed by atoms with Gasteiger partial charge in [0.1, 0.15) is 0 Å². The summed E-state index contributed by atoms with van der Waals surface area (Å²) >= 11 is 12.3. The third-order valence-electron chi connectivity index (χ3n) is 2.98. The first-order valence-corrected chi connectivity index (χ1v) is 7.00. The maximum absolute atomic E-state index is 6.14. The van der Waals surface area contributed by atoms with Crippen LogP contribution in [0.3, 0.4) is 0 Å². The molecule has 0 aliphatic carbocycles. The molecule has 0 unspecified atom stereocenters. The zero-order valence-corrected chi connectivity index (χ0v) is 13.3. The molecule has 4 nitrogen and oxygen atoms in total. The lowest BCUT2D eigenvalue weighted by molar-refractivity contribution is 0.354. The van der Waals surface area contributed by atoms with Gasteiger partial charge in [0.05, 0.1) is 30.0 Å². The highest BCUT2D eigenvalue weighted by Crippen LogP contribution is 2.34. The highest BCUT2D eigenvalue weighted by atomic mass is 35.5. The molecule has 112 valence electrons. The number of hydrogen-bond donors (Lipinski definition) is 2. The van der Waals surface area contributed by atoms with Crippen LogP contribution < -0.4 is 20.5 Å². The molecule has 6 heteroatoms. The van der Waals surface area contributed by atoms with Crippen molar-refractivity contribution in [2.45, 2.75) is 6.54 Å². The van der Waals surface area contributed by atoms with Crippen molar-refractivity contribution in [1.82, 2.24) is 0 Å². The molecule has 0 bridgehead atoms. The van der Waals surface area contributed by atoms with Gasteiger partial charge in [0, 0.05) is 12.2 Å². The zero-order valence-electron chi connectivity index (χ0n) is 11.7. The van der Waals surface area contributed by atoms with Gasteiger partial charge in [-0.25, -0.2) is 0 Å². The summed E-state index contributed by atoms with van der Waals surface area (Å²) in [7, 11) is 3.20. The quantitative estimate of drug-likeness (QED) is 0.808. The summed E-state index contributed by atoms with van der Waals surface area (Å²) in [4.78, 5) is 0. The Labute approximate surface area is 133 Å². The summed E-state index contributed by atoms with van der Waals surface area (Å²) in [5.41, 5.74) is 7.87. The van der Waals surface area contributed by atoms with Gasteiger partial charge in [-0.3, -0.25) is 0 Å². The third-order valence-corrected chi connectivity index (χ3v) is 3.58. The van der Waals surface area contributed by atoms with Crippen molar-refractivity contribution in [2.75, 3.05) is 25.3 Å². The second-order valence-corrected chi connectivity index (χ2v) is 5.22. The summed E-state index contributed by atoms with van der Waals surface area (Å²) in [5.74, 6) is 1.36. The topological polar surface area (TPSA) is 56.5 Å². The minimum atomic E-state index is 0.487. The van der Waals surface area contributed by atoms with Crippen molar-refractivity contribution in [1.29, 1.82) is 0 Å². The highest BCUT2D eigenvalue weighted by Gasteiger charge is 2.08. The number of anilines is 2. The second kappa shape index (κ2) is 6.78. The van der Waals surface area contributed by atoms with Crippen LogP contribution in [-0.4, -0.2) is 14.2 Å². The molecule has 0 spiro atoms. The van der Waals surface area contributed by atoms with Crippen molar-refractivity contribution >= 4 is 34.6 Å². The molecule has 21 heavy (non-hydrogen) atoms. The van der Waals surface area contributed by atoms with Crippen LogP contribution in [0.5, 0.6) is 11.5 Å². The fourth-order valence-corrected chi connectivity index (χ4v) is 2.58. The van der Waals surface area contributed by atoms with E-state index in [0.29, 0.717) is 39.5 Å². The van der Waals surface area contributed by atoms with E-state index in [1.54, 1.807) is 26.4 Å². The molecule has 0 atom stereocenters. The van der Waals surface area contributed by atoms with Gasteiger partial charge in [0.2, 0.25) is 0 Å². The van der Waals surface area contributed by atoms with Crippen molar-refractivity contribution in [3.8, 4) is 11.5 Å². The standard InChI is InChI=1S/C15H16Cl2N2O2/c1-20-13-4-3-9(5-14(13)21-2)8-19-15-11(16)6-10(18)7-12(15)17/h3-7,19H,8,18H2,1-2H3. The molecule has 2 rings (SSSR count). The number of ether oxygens (including phenoxy) is 2. The van der Waals surface area contributed by atoms with E-state index in [2.05, 4.69) is 5.32 Å². The van der Waals surface area contributed by atoms with Crippen molar-refractivity contribution in [3.63, 3.8) is 0 Å². The van der Waals surface area contributed by atoms with Gasteiger partial charge in [-0.1, -0.05) is 29.3 Å². The van der Waals surface area contributed by atoms with Crippen LogP contribution in [0.15, 0.2) is 30.3 Å². The van der Waals surface area contributed by atoms with Gasteiger partial charge >= 0.3 is 0 Å². The first-order chi connectivity index (χ1) is 10.0. The van der Waals surface area contributed by atoms with Gasteiger partial charge in [-0.15, -0.1) is 0 Å². The SMILES string of the molecule is COc1ccc(CNc2c(Cl)cc(N)cc2Cl)cc1OC. The largest absolute Gasteiger partial charge is 0.493 e. The van der Waals surface area contributed by atoms with Crippen LogP contribution in [-0.2, 0) is 6.54 Å². The fraction of sp³-hybridized carbons (Fsp3) is 0.200. The predicted molar refractivity (Wildman–Crippen MR) is 87.7 cm³/mol. The first kappa shape index (κ1) is 15.6. The fourth-order valence-electron chi connectivity index (χ4n) is 1.94. The van der Waals surface area contributed by atoms with E-state index >= 15 is 0 Å². The summed E-state index contributed by atoms with van der Waals surface area (Å²) in [6, 6.07) is 9.00. The summed E-state index contributed by atoms with van der Waals surface area (Å²) in [5, 5.41) is 4.17. The molecule has 0 fully saturated rings. The molecule has 0 amide bonds. The van der Waals surface area contributed by atoms with E-state index in [9.17, 15) is 0 Å². The van der Waals surface area contributed by atoms with E-state index < -0.39 is 0 Å². The minimum Gasteiger partial charge on any atom is -0.493 e. The van der Waals surface area contributed by atoms with Crippen molar-refractivity contribution in [3.05, 3.63) is 45.9 Å². The zero-order chi connectivity index (χ0) is 15.4. The lowest BCUT2D eigenvalue weighted by Crippen LogP contribution is -2.02. The Kier molecular flexibility index (Phi) is 5.04. The monoisotopic (exact) mass is 326 g/mol. The minimum absolute atomic E-state index is 0.487. The molecule has 0 aliphatic heterocycles. The molecule has 3 N–H and O–H groups in total. The number of nitrogen functional groups attached to an aromatic ring is 1. The number of halogens is 2. The molecule has 2 aromatic rings. The van der Waals surface area contributed by atoms with Crippen LogP contribution in [0.25, 0.3) is 0 Å². The Bertz CT molecular complexity index is 625. The number of nitrogens with one attached hydrogen (secondary N) is 1. The lowest BCUT2D eigenvalue weighted by atomic mass is 10.2. The van der Waals surface area contributed by atoms with E-state index in [1.807, 2.05) is 18.2 Å². The van der Waals surface area contributed by atoms with Crippen molar-refractivity contribution < 1.29 is 9.47 Å². The predicted octanol–water partition coefficient (Wildman–Crippen LogP) is 4.20. The third kappa shape index (κ3) is 3.65. The molecular weight excluding hydrogens is 311 g/mol. The van der Waals surface area contributed by atoms with Gasteiger partial charge in [-0.05, 0) is 29.8 Å².